The molecule has 2 fully saturated rings. The fraction of sp³-hybridized carbons (Fsp3) is 0.929. The van der Waals surface area contributed by atoms with Gasteiger partial charge >= 0.3 is 0 Å². The zero-order valence-electron chi connectivity index (χ0n) is 12.9. The highest BCUT2D eigenvalue weighted by Crippen LogP contribution is 2.16. The van der Waals surface area contributed by atoms with Crippen LogP contribution in [0.15, 0.2) is 0 Å². The predicted molar refractivity (Wildman–Crippen MR) is 81.6 cm³/mol. The van der Waals surface area contributed by atoms with E-state index in [9.17, 15) is 13.2 Å². The molecule has 1 saturated carbocycles. The summed E-state index contributed by atoms with van der Waals surface area (Å²) in [7, 11) is -3.08. The van der Waals surface area contributed by atoms with E-state index in [-0.39, 0.29) is 11.7 Å². The summed E-state index contributed by atoms with van der Waals surface area (Å²) in [6.07, 6.45) is 5.91. The molecule has 1 amide bonds. The van der Waals surface area contributed by atoms with Crippen LogP contribution in [-0.2, 0) is 14.8 Å². The lowest BCUT2D eigenvalue weighted by molar-refractivity contribution is -0.895. The van der Waals surface area contributed by atoms with Gasteiger partial charge in [-0.15, -0.1) is 0 Å². The average Bonchev–Trinajstić information content (AvgIpc) is 2.48. The molecule has 0 spiro atoms. The Bertz CT molecular complexity index is 438. The minimum atomic E-state index is -3.08. The van der Waals surface area contributed by atoms with Crippen LogP contribution in [0.5, 0.6) is 0 Å². The topological polar surface area (TPSA) is 70.9 Å². The summed E-state index contributed by atoms with van der Waals surface area (Å²) in [6, 6.07) is 0.354. The molecule has 2 rings (SSSR count). The minimum absolute atomic E-state index is 0.115. The highest BCUT2D eigenvalue weighted by atomic mass is 32.2. The van der Waals surface area contributed by atoms with Crippen LogP contribution in [0.2, 0.25) is 0 Å². The van der Waals surface area contributed by atoms with Gasteiger partial charge in [-0.25, -0.2) is 8.42 Å². The van der Waals surface area contributed by atoms with Gasteiger partial charge in [-0.1, -0.05) is 19.3 Å². The van der Waals surface area contributed by atoms with E-state index in [1.165, 1.54) is 24.2 Å². The largest absolute Gasteiger partial charge is 0.348 e. The molecule has 0 atom stereocenters. The monoisotopic (exact) mass is 318 g/mol. The van der Waals surface area contributed by atoms with Crippen LogP contribution in [0.3, 0.4) is 0 Å². The van der Waals surface area contributed by atoms with Crippen LogP contribution in [0.4, 0.5) is 0 Å². The van der Waals surface area contributed by atoms with E-state index in [0.29, 0.717) is 25.7 Å². The maximum absolute atomic E-state index is 12.1. The van der Waals surface area contributed by atoms with Gasteiger partial charge in [0, 0.05) is 6.04 Å². The summed E-state index contributed by atoms with van der Waals surface area (Å²) in [5.41, 5.74) is 0. The Labute approximate surface area is 127 Å². The number of nitrogens with zero attached hydrogens (tertiary/aromatic N) is 1. The quantitative estimate of drug-likeness (QED) is 0.682. The van der Waals surface area contributed by atoms with Gasteiger partial charge in [0.15, 0.2) is 6.54 Å². The van der Waals surface area contributed by atoms with E-state index in [4.69, 9.17) is 0 Å². The Kier molecular flexibility index (Phi) is 6.01. The standard InChI is InChI=1S/C14H27N3O3S/c1-2-21(19,20)17-10-8-16(9-11-17)12-14(18)15-13-6-4-3-5-7-13/h13H,2-12H2,1H3,(H,15,18)/p+1. The molecule has 1 aliphatic heterocycles. The van der Waals surface area contributed by atoms with Crippen molar-refractivity contribution in [3.63, 3.8) is 0 Å². The zero-order valence-corrected chi connectivity index (χ0v) is 13.8. The molecule has 0 bridgehead atoms. The molecule has 0 aromatic rings. The van der Waals surface area contributed by atoms with Crippen molar-refractivity contribution in [1.82, 2.24) is 9.62 Å². The second kappa shape index (κ2) is 7.56. The van der Waals surface area contributed by atoms with E-state index < -0.39 is 10.0 Å². The van der Waals surface area contributed by atoms with Crippen LogP contribution in [0.1, 0.15) is 39.0 Å². The molecule has 21 heavy (non-hydrogen) atoms. The van der Waals surface area contributed by atoms with Gasteiger partial charge in [0.2, 0.25) is 10.0 Å². The van der Waals surface area contributed by atoms with Gasteiger partial charge in [0.1, 0.15) is 0 Å². The molecule has 0 unspecified atom stereocenters. The number of amides is 1. The van der Waals surface area contributed by atoms with E-state index in [0.717, 1.165) is 25.9 Å². The number of piperazine rings is 1. The first-order valence-electron chi connectivity index (χ1n) is 8.12. The first-order valence-corrected chi connectivity index (χ1v) is 9.73. The Morgan fingerprint density at radius 1 is 1.19 bits per heavy atom. The second-order valence-electron chi connectivity index (χ2n) is 6.13. The molecule has 0 aromatic heterocycles. The van der Waals surface area contributed by atoms with E-state index >= 15 is 0 Å². The number of rotatable bonds is 5. The molecule has 1 saturated heterocycles. The van der Waals surface area contributed by atoms with Crippen molar-refractivity contribution < 1.29 is 18.1 Å². The molecular formula is C14H28N3O3S+. The third-order valence-electron chi connectivity index (χ3n) is 4.57. The molecule has 0 aromatic carbocycles. The minimum Gasteiger partial charge on any atom is -0.348 e. The lowest BCUT2D eigenvalue weighted by Crippen LogP contribution is -3.15. The lowest BCUT2D eigenvalue weighted by Gasteiger charge is -2.31. The maximum atomic E-state index is 12.1. The molecule has 1 aliphatic carbocycles. The summed E-state index contributed by atoms with van der Waals surface area (Å²) >= 11 is 0. The van der Waals surface area contributed by atoms with E-state index in [2.05, 4.69) is 5.32 Å². The van der Waals surface area contributed by atoms with Crippen molar-refractivity contribution in [2.45, 2.75) is 45.1 Å². The van der Waals surface area contributed by atoms with Crippen LogP contribution < -0.4 is 10.2 Å². The first kappa shape index (κ1) is 16.7. The van der Waals surface area contributed by atoms with Crippen molar-refractivity contribution in [3.8, 4) is 0 Å². The number of quaternary nitrogens is 1. The second-order valence-corrected chi connectivity index (χ2v) is 8.39. The zero-order chi connectivity index (χ0) is 15.3. The molecule has 2 N–H and O–H groups in total. The van der Waals surface area contributed by atoms with Gasteiger partial charge in [-0.3, -0.25) is 4.79 Å². The lowest BCUT2D eigenvalue weighted by atomic mass is 9.95. The molecule has 2 aliphatic rings. The summed E-state index contributed by atoms with van der Waals surface area (Å²) < 4.78 is 25.1. The summed E-state index contributed by atoms with van der Waals surface area (Å²) in [4.78, 5) is 13.2. The molecule has 7 heteroatoms. The summed E-state index contributed by atoms with van der Waals surface area (Å²) in [5.74, 6) is 0.272. The third kappa shape index (κ3) is 4.93. The average molecular weight is 318 g/mol. The van der Waals surface area contributed by atoms with Crippen molar-refractivity contribution in [1.29, 1.82) is 0 Å². The van der Waals surface area contributed by atoms with Crippen LogP contribution in [0, 0.1) is 0 Å². The Morgan fingerprint density at radius 3 is 2.38 bits per heavy atom. The molecule has 6 nitrogen and oxygen atoms in total. The third-order valence-corrected chi connectivity index (χ3v) is 6.45. The SMILES string of the molecule is CCS(=O)(=O)N1CC[NH+](CC(=O)NC2CCCCC2)CC1. The smallest absolute Gasteiger partial charge is 0.275 e. The summed E-state index contributed by atoms with van der Waals surface area (Å²) in [6.45, 7) is 4.64. The van der Waals surface area contributed by atoms with Gasteiger partial charge in [0.05, 0.1) is 31.9 Å². The normalized spacial score (nSPS) is 23.1. The van der Waals surface area contributed by atoms with Crippen molar-refractivity contribution in [3.05, 3.63) is 0 Å². The van der Waals surface area contributed by atoms with Gasteiger partial charge in [-0.2, -0.15) is 4.31 Å². The highest BCUT2D eigenvalue weighted by molar-refractivity contribution is 7.89. The molecule has 1 heterocycles. The highest BCUT2D eigenvalue weighted by Gasteiger charge is 2.29. The number of carbonyl (C=O) groups excluding carboxylic acids is 1. The predicted octanol–water partition coefficient (Wildman–Crippen LogP) is -1.01. The Hall–Kier alpha value is -0.660. The number of sulfonamides is 1. The maximum Gasteiger partial charge on any atom is 0.275 e. The number of carbonyl (C=O) groups is 1. The first-order chi connectivity index (χ1) is 10.0. The number of hydrogen-bond donors (Lipinski definition) is 2. The van der Waals surface area contributed by atoms with E-state index in [1.807, 2.05) is 0 Å². The Morgan fingerprint density at radius 2 is 1.81 bits per heavy atom. The van der Waals surface area contributed by atoms with Gasteiger partial charge in [-0.05, 0) is 19.8 Å². The number of nitrogens with one attached hydrogen (secondary N) is 2. The van der Waals surface area contributed by atoms with Crippen LogP contribution in [0.25, 0.3) is 0 Å². The fourth-order valence-corrected chi connectivity index (χ4v) is 4.30. The summed E-state index contributed by atoms with van der Waals surface area (Å²) in [5, 5.41) is 3.13. The molecular weight excluding hydrogens is 290 g/mol. The number of hydrogen-bond acceptors (Lipinski definition) is 3. The molecule has 0 radical (unpaired) electrons. The van der Waals surface area contributed by atoms with Crippen LogP contribution >= 0.6 is 0 Å². The van der Waals surface area contributed by atoms with Crippen molar-refractivity contribution in [2.24, 2.45) is 0 Å². The van der Waals surface area contributed by atoms with E-state index in [1.54, 1.807) is 11.2 Å². The van der Waals surface area contributed by atoms with Crippen molar-refractivity contribution in [2.75, 3.05) is 38.5 Å². The van der Waals surface area contributed by atoms with Crippen LogP contribution in [-0.4, -0.2) is 63.1 Å². The molecule has 122 valence electrons. The van der Waals surface area contributed by atoms with Crippen molar-refractivity contribution >= 4 is 15.9 Å². The van der Waals surface area contributed by atoms with Gasteiger partial charge in [0.25, 0.3) is 5.91 Å². The fourth-order valence-electron chi connectivity index (χ4n) is 3.19. The Balaban J connectivity index is 1.71. The van der Waals surface area contributed by atoms with Gasteiger partial charge < -0.3 is 10.2 Å².